The van der Waals surface area contributed by atoms with Crippen LogP contribution in [0.4, 0.5) is 0 Å². The Hall–Kier alpha value is -0.0800. The third kappa shape index (κ3) is 0.924. The number of hydroxylamine groups is 2. The Morgan fingerprint density at radius 1 is 1.71 bits per heavy atom. The quantitative estimate of drug-likeness (QED) is 0.446. The summed E-state index contributed by atoms with van der Waals surface area (Å²) < 4.78 is 0. The van der Waals surface area contributed by atoms with Crippen LogP contribution in [0, 0.1) is 6.04 Å². The Bertz CT molecular complexity index is 57.1. The Labute approximate surface area is 44.0 Å². The predicted molar refractivity (Wildman–Crippen MR) is 27.2 cm³/mol. The SMILES string of the molecule is C[C]1CCON1C. The van der Waals surface area contributed by atoms with Crippen molar-refractivity contribution in [3.63, 3.8) is 0 Å². The van der Waals surface area contributed by atoms with Crippen molar-refractivity contribution in [3.8, 4) is 0 Å². The van der Waals surface area contributed by atoms with Crippen LogP contribution in [-0.4, -0.2) is 18.7 Å². The van der Waals surface area contributed by atoms with Crippen LogP contribution in [-0.2, 0) is 4.84 Å². The summed E-state index contributed by atoms with van der Waals surface area (Å²) in [5.74, 6) is 0. The third-order valence-corrected chi connectivity index (χ3v) is 1.29. The lowest BCUT2D eigenvalue weighted by atomic mass is 10.3. The molecule has 0 aromatic rings. The summed E-state index contributed by atoms with van der Waals surface area (Å²) in [6.45, 7) is 2.94. The molecule has 0 aromatic carbocycles. The number of rotatable bonds is 0. The van der Waals surface area contributed by atoms with E-state index in [9.17, 15) is 0 Å². The molecule has 41 valence electrons. The number of hydrogen-bond donors (Lipinski definition) is 0. The van der Waals surface area contributed by atoms with E-state index in [0.29, 0.717) is 0 Å². The minimum Gasteiger partial charge on any atom is -0.299 e. The van der Waals surface area contributed by atoms with Crippen molar-refractivity contribution in [2.24, 2.45) is 0 Å². The molecular weight excluding hydrogens is 90.1 g/mol. The molecule has 0 aromatic heterocycles. The fourth-order valence-corrected chi connectivity index (χ4v) is 0.598. The molecule has 1 radical (unpaired) electrons. The van der Waals surface area contributed by atoms with Gasteiger partial charge in [-0.15, -0.1) is 0 Å². The average molecular weight is 100 g/mol. The third-order valence-electron chi connectivity index (χ3n) is 1.29. The standard InChI is InChI=1S/C5H10NO/c1-5-3-4-7-6(5)2/h3-4H2,1-2H3. The van der Waals surface area contributed by atoms with Crippen molar-refractivity contribution < 1.29 is 4.84 Å². The molecule has 1 aliphatic rings. The van der Waals surface area contributed by atoms with E-state index < -0.39 is 0 Å². The van der Waals surface area contributed by atoms with Crippen LogP contribution in [0.25, 0.3) is 0 Å². The van der Waals surface area contributed by atoms with Crippen molar-refractivity contribution >= 4 is 0 Å². The van der Waals surface area contributed by atoms with Crippen LogP contribution in [0.1, 0.15) is 13.3 Å². The van der Waals surface area contributed by atoms with Gasteiger partial charge in [-0.05, 0) is 13.3 Å². The van der Waals surface area contributed by atoms with Crippen molar-refractivity contribution in [3.05, 3.63) is 6.04 Å². The van der Waals surface area contributed by atoms with Gasteiger partial charge in [-0.1, -0.05) is 0 Å². The van der Waals surface area contributed by atoms with Crippen molar-refractivity contribution in [1.82, 2.24) is 5.06 Å². The van der Waals surface area contributed by atoms with Crippen LogP contribution in [0.5, 0.6) is 0 Å². The molecule has 1 rings (SSSR count). The average Bonchev–Trinajstić information content (AvgIpc) is 1.91. The topological polar surface area (TPSA) is 12.5 Å². The van der Waals surface area contributed by atoms with E-state index in [0.717, 1.165) is 13.0 Å². The summed E-state index contributed by atoms with van der Waals surface area (Å²) in [6.07, 6.45) is 1.09. The lowest BCUT2D eigenvalue weighted by Gasteiger charge is -2.09. The van der Waals surface area contributed by atoms with Crippen LogP contribution in [0.2, 0.25) is 0 Å². The lowest BCUT2D eigenvalue weighted by Crippen LogP contribution is -2.12. The van der Waals surface area contributed by atoms with Gasteiger partial charge in [-0.2, -0.15) is 5.06 Å². The smallest absolute Gasteiger partial charge is 0.0704 e. The molecule has 1 saturated heterocycles. The molecular formula is C5H10NO. The minimum atomic E-state index is 0.863. The molecule has 1 aliphatic heterocycles. The van der Waals surface area contributed by atoms with Gasteiger partial charge in [0, 0.05) is 7.05 Å². The van der Waals surface area contributed by atoms with Gasteiger partial charge >= 0.3 is 0 Å². The van der Waals surface area contributed by atoms with Crippen LogP contribution in [0.15, 0.2) is 0 Å². The number of nitrogens with zero attached hydrogens (tertiary/aromatic N) is 1. The Balaban J connectivity index is 2.33. The molecule has 1 heterocycles. The maximum absolute atomic E-state index is 5.06. The van der Waals surface area contributed by atoms with E-state index in [2.05, 4.69) is 6.92 Å². The maximum atomic E-state index is 5.06. The van der Waals surface area contributed by atoms with E-state index in [1.807, 2.05) is 12.1 Å². The van der Waals surface area contributed by atoms with Gasteiger partial charge in [0.25, 0.3) is 0 Å². The van der Waals surface area contributed by atoms with E-state index in [4.69, 9.17) is 4.84 Å². The molecule has 0 unspecified atom stereocenters. The van der Waals surface area contributed by atoms with E-state index in [-0.39, 0.29) is 0 Å². The molecule has 1 fully saturated rings. The zero-order valence-corrected chi connectivity index (χ0v) is 4.77. The zero-order valence-electron chi connectivity index (χ0n) is 4.77. The van der Waals surface area contributed by atoms with Gasteiger partial charge in [-0.25, -0.2) is 0 Å². The fourth-order valence-electron chi connectivity index (χ4n) is 0.598. The highest BCUT2D eigenvalue weighted by Gasteiger charge is 2.16. The molecule has 0 amide bonds. The summed E-state index contributed by atoms with van der Waals surface area (Å²) in [6, 6.07) is 1.32. The van der Waals surface area contributed by atoms with Crippen LogP contribution >= 0.6 is 0 Å². The molecule has 0 spiro atoms. The summed E-state index contributed by atoms with van der Waals surface area (Å²) in [4.78, 5) is 5.06. The van der Waals surface area contributed by atoms with Gasteiger partial charge < -0.3 is 0 Å². The molecule has 0 aliphatic carbocycles. The van der Waals surface area contributed by atoms with Gasteiger partial charge in [0.05, 0.1) is 12.6 Å². The van der Waals surface area contributed by atoms with Crippen molar-refractivity contribution in [2.45, 2.75) is 13.3 Å². The molecule has 0 saturated carbocycles. The highest BCUT2D eigenvalue weighted by molar-refractivity contribution is 4.80. The maximum Gasteiger partial charge on any atom is 0.0704 e. The Morgan fingerprint density at radius 3 is 2.57 bits per heavy atom. The number of hydrogen-bond acceptors (Lipinski definition) is 2. The molecule has 0 N–H and O–H groups in total. The molecule has 2 nitrogen and oxygen atoms in total. The first-order valence-corrected chi connectivity index (χ1v) is 2.50. The zero-order chi connectivity index (χ0) is 5.28. The monoisotopic (exact) mass is 100 g/mol. The van der Waals surface area contributed by atoms with E-state index in [1.165, 1.54) is 6.04 Å². The Morgan fingerprint density at radius 2 is 2.43 bits per heavy atom. The van der Waals surface area contributed by atoms with Gasteiger partial charge in [0.15, 0.2) is 0 Å². The normalized spacial score (nSPS) is 26.6. The van der Waals surface area contributed by atoms with Gasteiger partial charge in [0.1, 0.15) is 0 Å². The van der Waals surface area contributed by atoms with Crippen LogP contribution < -0.4 is 0 Å². The molecule has 7 heavy (non-hydrogen) atoms. The molecule has 0 atom stereocenters. The second-order valence-corrected chi connectivity index (χ2v) is 1.82. The minimum absolute atomic E-state index is 0.863. The molecule has 2 heteroatoms. The second kappa shape index (κ2) is 1.80. The van der Waals surface area contributed by atoms with Crippen molar-refractivity contribution in [2.75, 3.05) is 13.7 Å². The summed E-state index contributed by atoms with van der Waals surface area (Å²) in [7, 11) is 1.93. The van der Waals surface area contributed by atoms with Crippen LogP contribution in [0.3, 0.4) is 0 Å². The first-order valence-electron chi connectivity index (χ1n) is 2.50. The van der Waals surface area contributed by atoms with E-state index >= 15 is 0 Å². The summed E-state index contributed by atoms with van der Waals surface area (Å²) in [5, 5.41) is 1.82. The Kier molecular flexibility index (Phi) is 1.30. The summed E-state index contributed by atoms with van der Waals surface area (Å²) in [5.41, 5.74) is 0. The predicted octanol–water partition coefficient (Wildman–Crippen LogP) is 0.805. The van der Waals surface area contributed by atoms with Crippen molar-refractivity contribution in [1.29, 1.82) is 0 Å². The fraction of sp³-hybridized carbons (Fsp3) is 0.800. The highest BCUT2D eigenvalue weighted by Crippen LogP contribution is 2.16. The molecule has 0 bridgehead atoms. The van der Waals surface area contributed by atoms with Gasteiger partial charge in [0.2, 0.25) is 0 Å². The largest absolute Gasteiger partial charge is 0.299 e. The van der Waals surface area contributed by atoms with E-state index in [1.54, 1.807) is 0 Å². The first kappa shape index (κ1) is 5.06. The highest BCUT2D eigenvalue weighted by atomic mass is 16.7. The summed E-state index contributed by atoms with van der Waals surface area (Å²) >= 11 is 0. The van der Waals surface area contributed by atoms with Gasteiger partial charge in [-0.3, -0.25) is 4.84 Å². The second-order valence-electron chi connectivity index (χ2n) is 1.82. The lowest BCUT2D eigenvalue weighted by molar-refractivity contribution is -0.0830. The first-order chi connectivity index (χ1) is 3.30.